The minimum absolute atomic E-state index is 0.178. The van der Waals surface area contributed by atoms with Gasteiger partial charge >= 0.3 is 0 Å². The normalized spacial score (nSPS) is 15.3. The van der Waals surface area contributed by atoms with Crippen molar-refractivity contribution in [2.45, 2.75) is 38.9 Å². The second-order valence-electron chi connectivity index (χ2n) is 5.07. The van der Waals surface area contributed by atoms with E-state index in [2.05, 4.69) is 42.9 Å². The quantitative estimate of drug-likeness (QED) is 0.913. The Morgan fingerprint density at radius 1 is 1.45 bits per heavy atom. The van der Waals surface area contributed by atoms with Gasteiger partial charge in [0.2, 0.25) is 0 Å². The van der Waals surface area contributed by atoms with Crippen molar-refractivity contribution in [1.29, 1.82) is 0 Å². The Kier molecular flexibility index (Phi) is 4.10. The van der Waals surface area contributed by atoms with Crippen LogP contribution >= 0.6 is 27.5 Å². The lowest BCUT2D eigenvalue weighted by molar-refractivity contribution is 0.515. The van der Waals surface area contributed by atoms with Crippen LogP contribution in [0, 0.1) is 0 Å². The summed E-state index contributed by atoms with van der Waals surface area (Å²) in [6.07, 6.45) is 2.22. The number of hydrogen-bond acceptors (Lipinski definition) is 3. The van der Waals surface area contributed by atoms with E-state index in [0.29, 0.717) is 0 Å². The molecular formula is C14H16BrClN4. The number of nitrogens with zero attached hydrogens (tertiary/aromatic N) is 3. The van der Waals surface area contributed by atoms with Gasteiger partial charge in [-0.05, 0) is 31.0 Å². The summed E-state index contributed by atoms with van der Waals surface area (Å²) in [6, 6.07) is 6.03. The van der Waals surface area contributed by atoms with E-state index in [1.165, 1.54) is 12.0 Å². The van der Waals surface area contributed by atoms with Crippen LogP contribution in [0.3, 0.4) is 0 Å². The average molecular weight is 356 g/mol. The molecule has 0 bridgehead atoms. The Bertz CT molecular complexity index is 626. The first-order chi connectivity index (χ1) is 9.65. The van der Waals surface area contributed by atoms with Crippen LogP contribution in [0.4, 0.5) is 0 Å². The molecule has 0 spiro atoms. The number of hydrogen-bond donors (Lipinski definition) is 1. The molecule has 0 saturated heterocycles. The van der Waals surface area contributed by atoms with E-state index in [-0.39, 0.29) is 6.04 Å². The number of rotatable bonds is 4. The molecule has 106 valence electrons. The molecule has 1 aliphatic rings. The van der Waals surface area contributed by atoms with E-state index in [1.54, 1.807) is 0 Å². The van der Waals surface area contributed by atoms with E-state index in [0.717, 1.165) is 40.7 Å². The number of fused-ring (bicyclic) bond motifs is 1. The minimum Gasteiger partial charge on any atom is -0.314 e. The third-order valence-electron chi connectivity index (χ3n) is 3.64. The molecule has 4 nitrogen and oxygen atoms in total. The fourth-order valence-electron chi connectivity index (χ4n) is 2.51. The number of nitrogens with one attached hydrogen (secondary N) is 1. The predicted molar refractivity (Wildman–Crippen MR) is 82.7 cm³/mol. The topological polar surface area (TPSA) is 42.7 Å². The highest BCUT2D eigenvalue weighted by molar-refractivity contribution is 9.10. The summed E-state index contributed by atoms with van der Waals surface area (Å²) in [5.74, 6) is 2.14. The Labute approximate surface area is 131 Å². The lowest BCUT2D eigenvalue weighted by Crippen LogP contribution is -2.21. The Hall–Kier alpha value is -0.910. The first kappa shape index (κ1) is 14.0. The molecule has 6 heteroatoms. The molecule has 1 aromatic carbocycles. The molecule has 0 saturated carbocycles. The molecule has 0 fully saturated rings. The number of benzene rings is 1. The summed E-state index contributed by atoms with van der Waals surface area (Å²) >= 11 is 9.49. The molecule has 2 aromatic rings. The van der Waals surface area contributed by atoms with Gasteiger partial charge in [0.05, 0.1) is 6.04 Å². The summed E-state index contributed by atoms with van der Waals surface area (Å²) in [5.41, 5.74) is 1.18. The summed E-state index contributed by atoms with van der Waals surface area (Å²) in [5, 5.41) is 12.8. The van der Waals surface area contributed by atoms with Crippen LogP contribution in [0.2, 0.25) is 5.02 Å². The molecule has 0 radical (unpaired) electrons. The SMILES string of the molecule is CC(NCc1ccc(Cl)cc1Br)c1nnc2n1CCC2. The number of halogens is 2. The molecule has 1 atom stereocenters. The lowest BCUT2D eigenvalue weighted by Gasteiger charge is -2.14. The molecule has 3 rings (SSSR count). The highest BCUT2D eigenvalue weighted by Crippen LogP contribution is 2.23. The molecule has 0 aliphatic carbocycles. The molecule has 1 N–H and O–H groups in total. The van der Waals surface area contributed by atoms with Crippen molar-refractivity contribution in [2.75, 3.05) is 0 Å². The molecule has 0 amide bonds. The van der Waals surface area contributed by atoms with Crippen molar-refractivity contribution in [2.24, 2.45) is 0 Å². The van der Waals surface area contributed by atoms with Crippen molar-refractivity contribution in [3.8, 4) is 0 Å². The molecule has 20 heavy (non-hydrogen) atoms. The molecule has 1 aromatic heterocycles. The zero-order valence-electron chi connectivity index (χ0n) is 11.2. The first-order valence-electron chi connectivity index (χ1n) is 6.74. The van der Waals surface area contributed by atoms with Gasteiger partial charge in [-0.3, -0.25) is 0 Å². The Morgan fingerprint density at radius 3 is 3.10 bits per heavy atom. The van der Waals surface area contributed by atoms with Crippen LogP contribution in [-0.2, 0) is 19.5 Å². The second kappa shape index (κ2) is 5.84. The van der Waals surface area contributed by atoms with E-state index < -0.39 is 0 Å². The largest absolute Gasteiger partial charge is 0.314 e. The van der Waals surface area contributed by atoms with Crippen molar-refractivity contribution in [3.05, 3.63) is 44.9 Å². The summed E-state index contributed by atoms with van der Waals surface area (Å²) in [6.45, 7) is 3.93. The van der Waals surface area contributed by atoms with Crippen LogP contribution in [0.5, 0.6) is 0 Å². The van der Waals surface area contributed by atoms with Gasteiger partial charge in [-0.1, -0.05) is 33.6 Å². The van der Waals surface area contributed by atoms with Crippen LogP contribution in [0.1, 0.15) is 36.6 Å². The van der Waals surface area contributed by atoms with Gasteiger partial charge in [0, 0.05) is 29.0 Å². The smallest absolute Gasteiger partial charge is 0.149 e. The Balaban J connectivity index is 1.68. The van der Waals surface area contributed by atoms with Gasteiger partial charge < -0.3 is 9.88 Å². The van der Waals surface area contributed by atoms with Gasteiger partial charge in [0.25, 0.3) is 0 Å². The molecule has 1 aliphatic heterocycles. The summed E-state index contributed by atoms with van der Waals surface area (Å²) in [4.78, 5) is 0. The van der Waals surface area contributed by atoms with Gasteiger partial charge in [0.15, 0.2) is 0 Å². The standard InChI is InChI=1S/C14H16BrClN4/c1-9(14-19-18-13-3-2-6-20(13)14)17-8-10-4-5-11(16)7-12(10)15/h4-5,7,9,17H,2-3,6,8H2,1H3. The van der Waals surface area contributed by atoms with E-state index in [9.17, 15) is 0 Å². The van der Waals surface area contributed by atoms with Crippen LogP contribution in [-0.4, -0.2) is 14.8 Å². The molecular weight excluding hydrogens is 340 g/mol. The second-order valence-corrected chi connectivity index (χ2v) is 6.36. The van der Waals surface area contributed by atoms with Crippen molar-refractivity contribution in [3.63, 3.8) is 0 Å². The third kappa shape index (κ3) is 2.75. The third-order valence-corrected chi connectivity index (χ3v) is 4.61. The molecule has 1 unspecified atom stereocenters. The number of aromatic nitrogens is 3. The summed E-state index contributed by atoms with van der Waals surface area (Å²) < 4.78 is 3.25. The van der Waals surface area contributed by atoms with E-state index >= 15 is 0 Å². The van der Waals surface area contributed by atoms with Gasteiger partial charge in [-0.2, -0.15) is 0 Å². The van der Waals surface area contributed by atoms with Gasteiger partial charge in [-0.25, -0.2) is 0 Å². The monoisotopic (exact) mass is 354 g/mol. The van der Waals surface area contributed by atoms with Crippen LogP contribution in [0.15, 0.2) is 22.7 Å². The fraction of sp³-hybridized carbons (Fsp3) is 0.429. The highest BCUT2D eigenvalue weighted by Gasteiger charge is 2.20. The van der Waals surface area contributed by atoms with Crippen LogP contribution < -0.4 is 5.32 Å². The fourth-order valence-corrected chi connectivity index (χ4v) is 3.34. The molecule has 2 heterocycles. The van der Waals surface area contributed by atoms with Gasteiger partial charge in [0.1, 0.15) is 11.6 Å². The van der Waals surface area contributed by atoms with E-state index in [4.69, 9.17) is 11.6 Å². The number of aryl methyl sites for hydroxylation is 1. The zero-order chi connectivity index (χ0) is 14.1. The maximum Gasteiger partial charge on any atom is 0.149 e. The lowest BCUT2D eigenvalue weighted by atomic mass is 10.2. The predicted octanol–water partition coefficient (Wildman–Crippen LogP) is 3.49. The zero-order valence-corrected chi connectivity index (χ0v) is 13.6. The van der Waals surface area contributed by atoms with Crippen LogP contribution in [0.25, 0.3) is 0 Å². The van der Waals surface area contributed by atoms with Crippen molar-refractivity contribution >= 4 is 27.5 Å². The summed E-state index contributed by atoms with van der Waals surface area (Å²) in [7, 11) is 0. The first-order valence-corrected chi connectivity index (χ1v) is 7.91. The minimum atomic E-state index is 0.178. The Morgan fingerprint density at radius 2 is 2.30 bits per heavy atom. The van der Waals surface area contributed by atoms with Gasteiger partial charge in [-0.15, -0.1) is 10.2 Å². The maximum atomic E-state index is 5.95. The average Bonchev–Trinajstić information content (AvgIpc) is 2.99. The van der Waals surface area contributed by atoms with E-state index in [1.807, 2.05) is 18.2 Å². The maximum absolute atomic E-state index is 5.95. The highest BCUT2D eigenvalue weighted by atomic mass is 79.9. The van der Waals surface area contributed by atoms with Crippen molar-refractivity contribution in [1.82, 2.24) is 20.1 Å². The van der Waals surface area contributed by atoms with Crippen molar-refractivity contribution < 1.29 is 0 Å².